The maximum absolute atomic E-state index is 12.4. The van der Waals surface area contributed by atoms with E-state index in [9.17, 15) is 4.79 Å². The van der Waals surface area contributed by atoms with Gasteiger partial charge in [0.1, 0.15) is 0 Å². The molecule has 1 aliphatic heterocycles. The number of rotatable bonds is 6. The quantitative estimate of drug-likeness (QED) is 0.803. The molecule has 1 amide bonds. The van der Waals surface area contributed by atoms with Gasteiger partial charge in [0.05, 0.1) is 17.9 Å². The van der Waals surface area contributed by atoms with Gasteiger partial charge in [0.15, 0.2) is 0 Å². The van der Waals surface area contributed by atoms with E-state index in [0.29, 0.717) is 11.8 Å². The first-order valence-electron chi connectivity index (χ1n) is 8.72. The Balaban J connectivity index is 1.59. The minimum atomic E-state index is 0.0630. The van der Waals surface area contributed by atoms with Crippen molar-refractivity contribution in [3.63, 3.8) is 0 Å². The summed E-state index contributed by atoms with van der Waals surface area (Å²) in [6.45, 7) is 6.07. The maximum atomic E-state index is 12.4. The number of thioether (sulfide) groups is 1. The fourth-order valence-corrected chi connectivity index (χ4v) is 4.34. The van der Waals surface area contributed by atoms with Gasteiger partial charge in [0.25, 0.3) is 0 Å². The van der Waals surface area contributed by atoms with Crippen LogP contribution in [0.25, 0.3) is 10.9 Å². The van der Waals surface area contributed by atoms with Gasteiger partial charge >= 0.3 is 0 Å². The van der Waals surface area contributed by atoms with Crippen molar-refractivity contribution >= 4 is 28.6 Å². The van der Waals surface area contributed by atoms with Crippen LogP contribution < -0.4 is 5.32 Å². The molecule has 6 heteroatoms. The number of benzene rings is 1. The first kappa shape index (κ1) is 18.3. The third-order valence-electron chi connectivity index (χ3n) is 4.89. The SMILES string of the molecule is CO[C@H]1CN(C(C)C)C[C@@H]1NC(=O)CSc1cn(C)c2ccccc12. The van der Waals surface area contributed by atoms with E-state index in [-0.39, 0.29) is 18.1 Å². The molecular weight excluding hydrogens is 334 g/mol. The Kier molecular flexibility index (Phi) is 5.71. The van der Waals surface area contributed by atoms with E-state index < -0.39 is 0 Å². The number of hydrogen-bond donors (Lipinski definition) is 1. The van der Waals surface area contributed by atoms with E-state index >= 15 is 0 Å². The highest BCUT2D eigenvalue weighted by Crippen LogP contribution is 2.29. The Morgan fingerprint density at radius 1 is 1.36 bits per heavy atom. The van der Waals surface area contributed by atoms with E-state index in [2.05, 4.69) is 47.0 Å². The third-order valence-corrected chi connectivity index (χ3v) is 5.94. The molecule has 0 radical (unpaired) electrons. The molecule has 3 rings (SSSR count). The zero-order chi connectivity index (χ0) is 18.0. The summed E-state index contributed by atoms with van der Waals surface area (Å²) in [5, 5.41) is 4.36. The summed E-state index contributed by atoms with van der Waals surface area (Å²) in [6, 6.07) is 8.80. The first-order chi connectivity index (χ1) is 12.0. The lowest BCUT2D eigenvalue weighted by atomic mass is 10.2. The van der Waals surface area contributed by atoms with Crippen LogP contribution in [0.4, 0.5) is 0 Å². The number of fused-ring (bicyclic) bond motifs is 1. The van der Waals surface area contributed by atoms with Crippen LogP contribution in [0.1, 0.15) is 13.8 Å². The number of carbonyl (C=O) groups excluding carboxylic acids is 1. The fraction of sp³-hybridized carbons (Fsp3) is 0.526. The van der Waals surface area contributed by atoms with Crippen molar-refractivity contribution in [1.82, 2.24) is 14.8 Å². The van der Waals surface area contributed by atoms with Crippen LogP contribution in [0.5, 0.6) is 0 Å². The van der Waals surface area contributed by atoms with Gasteiger partial charge in [0, 0.05) is 55.3 Å². The van der Waals surface area contributed by atoms with Crippen LogP contribution in [0.15, 0.2) is 35.4 Å². The summed E-state index contributed by atoms with van der Waals surface area (Å²) in [4.78, 5) is 15.9. The van der Waals surface area contributed by atoms with E-state index in [1.54, 1.807) is 18.9 Å². The Morgan fingerprint density at radius 2 is 2.12 bits per heavy atom. The number of ether oxygens (including phenoxy) is 1. The smallest absolute Gasteiger partial charge is 0.230 e. The van der Waals surface area contributed by atoms with Crippen LogP contribution >= 0.6 is 11.8 Å². The van der Waals surface area contributed by atoms with Crippen molar-refractivity contribution in [2.24, 2.45) is 7.05 Å². The van der Waals surface area contributed by atoms with Gasteiger partial charge in [0.2, 0.25) is 5.91 Å². The minimum absolute atomic E-state index is 0.0630. The van der Waals surface area contributed by atoms with Gasteiger partial charge in [-0.05, 0) is 19.9 Å². The predicted molar refractivity (Wildman–Crippen MR) is 103 cm³/mol. The number of aryl methyl sites for hydroxylation is 1. The van der Waals surface area contributed by atoms with Crippen molar-refractivity contribution < 1.29 is 9.53 Å². The summed E-state index contributed by atoms with van der Waals surface area (Å²) < 4.78 is 7.67. The molecule has 0 bridgehead atoms. The molecule has 1 fully saturated rings. The van der Waals surface area contributed by atoms with Crippen molar-refractivity contribution in [3.8, 4) is 0 Å². The Hall–Kier alpha value is -1.50. The highest BCUT2D eigenvalue weighted by atomic mass is 32.2. The lowest BCUT2D eigenvalue weighted by Crippen LogP contribution is -2.44. The number of aromatic nitrogens is 1. The molecule has 5 nitrogen and oxygen atoms in total. The molecule has 1 aromatic carbocycles. The average molecular weight is 362 g/mol. The Labute approximate surface area is 153 Å². The molecule has 25 heavy (non-hydrogen) atoms. The number of nitrogens with zero attached hydrogens (tertiary/aromatic N) is 2. The predicted octanol–water partition coefficient (Wildman–Crippen LogP) is 2.49. The lowest BCUT2D eigenvalue weighted by molar-refractivity contribution is -0.119. The van der Waals surface area contributed by atoms with Gasteiger partial charge in [-0.15, -0.1) is 11.8 Å². The highest BCUT2D eigenvalue weighted by molar-refractivity contribution is 8.00. The standard InChI is InChI=1S/C19H27N3O2S/c1-13(2)22-9-15(17(10-22)24-4)20-19(23)12-25-18-11-21(3)16-8-6-5-7-14(16)18/h5-8,11,13,15,17H,9-10,12H2,1-4H3,(H,20,23)/t15-,17-/m0/s1. The number of hydrogen-bond acceptors (Lipinski definition) is 4. The molecule has 0 spiro atoms. The fourth-order valence-electron chi connectivity index (χ4n) is 3.41. The maximum Gasteiger partial charge on any atom is 0.230 e. The van der Waals surface area contributed by atoms with Gasteiger partial charge < -0.3 is 14.6 Å². The van der Waals surface area contributed by atoms with Crippen LogP contribution in [-0.2, 0) is 16.6 Å². The number of amides is 1. The van der Waals surface area contributed by atoms with Gasteiger partial charge in [-0.3, -0.25) is 9.69 Å². The molecule has 2 aromatic rings. The third kappa shape index (κ3) is 4.02. The molecule has 1 aliphatic rings. The molecule has 1 aromatic heterocycles. The Morgan fingerprint density at radius 3 is 2.84 bits per heavy atom. The molecule has 1 saturated heterocycles. The number of para-hydroxylation sites is 1. The van der Waals surface area contributed by atoms with Gasteiger partial charge in [-0.1, -0.05) is 18.2 Å². The Bertz CT molecular complexity index is 743. The number of carbonyl (C=O) groups is 1. The first-order valence-corrected chi connectivity index (χ1v) is 9.71. The normalized spacial score (nSPS) is 21.3. The number of nitrogens with one attached hydrogen (secondary N) is 1. The second-order valence-corrected chi connectivity index (χ2v) is 7.92. The minimum Gasteiger partial charge on any atom is -0.378 e. The van der Waals surface area contributed by atoms with E-state index in [0.717, 1.165) is 18.0 Å². The van der Waals surface area contributed by atoms with E-state index in [4.69, 9.17) is 4.74 Å². The van der Waals surface area contributed by atoms with Crippen LogP contribution in [-0.4, -0.2) is 59.5 Å². The molecule has 136 valence electrons. The highest BCUT2D eigenvalue weighted by Gasteiger charge is 2.34. The number of methoxy groups -OCH3 is 1. The zero-order valence-electron chi connectivity index (χ0n) is 15.4. The van der Waals surface area contributed by atoms with E-state index in [1.165, 1.54) is 10.9 Å². The van der Waals surface area contributed by atoms with Crippen molar-refractivity contribution in [2.45, 2.75) is 36.9 Å². The molecule has 0 saturated carbocycles. The molecule has 1 N–H and O–H groups in total. The molecule has 2 atom stereocenters. The zero-order valence-corrected chi connectivity index (χ0v) is 16.2. The van der Waals surface area contributed by atoms with Crippen LogP contribution in [0, 0.1) is 0 Å². The second-order valence-electron chi connectivity index (χ2n) is 6.91. The summed E-state index contributed by atoms with van der Waals surface area (Å²) in [5.74, 6) is 0.485. The summed E-state index contributed by atoms with van der Waals surface area (Å²) in [5.41, 5.74) is 1.19. The van der Waals surface area contributed by atoms with Crippen LogP contribution in [0.3, 0.4) is 0 Å². The summed E-state index contributed by atoms with van der Waals surface area (Å²) in [6.07, 6.45) is 2.16. The van der Waals surface area contributed by atoms with Crippen molar-refractivity contribution in [3.05, 3.63) is 30.5 Å². The van der Waals surface area contributed by atoms with Gasteiger partial charge in [-0.25, -0.2) is 0 Å². The lowest BCUT2D eigenvalue weighted by Gasteiger charge is -2.19. The molecule has 2 heterocycles. The van der Waals surface area contributed by atoms with E-state index in [1.807, 2.05) is 19.2 Å². The topological polar surface area (TPSA) is 46.5 Å². The largest absolute Gasteiger partial charge is 0.378 e. The molecule has 0 unspecified atom stereocenters. The second kappa shape index (κ2) is 7.81. The van der Waals surface area contributed by atoms with Gasteiger partial charge in [-0.2, -0.15) is 0 Å². The van der Waals surface area contributed by atoms with Crippen molar-refractivity contribution in [2.75, 3.05) is 26.0 Å². The van der Waals surface area contributed by atoms with Crippen molar-refractivity contribution in [1.29, 1.82) is 0 Å². The monoisotopic (exact) mass is 361 g/mol. The summed E-state index contributed by atoms with van der Waals surface area (Å²) in [7, 11) is 3.76. The summed E-state index contributed by atoms with van der Waals surface area (Å²) >= 11 is 1.59. The molecule has 0 aliphatic carbocycles. The molecular formula is C19H27N3O2S. The number of likely N-dealkylation sites (tertiary alicyclic amines) is 1. The van der Waals surface area contributed by atoms with Crippen LogP contribution in [0.2, 0.25) is 0 Å². The average Bonchev–Trinajstić information content (AvgIpc) is 3.15.